The van der Waals surface area contributed by atoms with E-state index in [9.17, 15) is 5.11 Å². The lowest BCUT2D eigenvalue weighted by atomic mass is 9.84. The smallest absolute Gasteiger partial charge is 0.0899 e. The highest BCUT2D eigenvalue weighted by Crippen LogP contribution is 2.36. The Kier molecular flexibility index (Phi) is 4.08. The SMILES string of the molecule is O[C@@H](c1ccccc1)[C@H](c1ccccc1)c1cccnc1. The fraction of sp³-hybridized carbons (Fsp3) is 0.105. The average molecular weight is 275 g/mol. The number of hydrogen-bond acceptors (Lipinski definition) is 2. The Morgan fingerprint density at radius 1 is 0.667 bits per heavy atom. The fourth-order valence-corrected chi connectivity index (χ4v) is 2.62. The van der Waals surface area contributed by atoms with E-state index in [1.807, 2.05) is 79.0 Å². The molecule has 0 saturated heterocycles. The van der Waals surface area contributed by atoms with Crippen molar-refractivity contribution in [2.24, 2.45) is 0 Å². The van der Waals surface area contributed by atoms with Crippen LogP contribution in [0.5, 0.6) is 0 Å². The van der Waals surface area contributed by atoms with E-state index in [0.717, 1.165) is 16.7 Å². The van der Waals surface area contributed by atoms with Crippen LogP contribution in [0.4, 0.5) is 0 Å². The Labute approximate surface area is 124 Å². The summed E-state index contributed by atoms with van der Waals surface area (Å²) in [5, 5.41) is 10.9. The molecule has 0 aliphatic rings. The highest BCUT2D eigenvalue weighted by Gasteiger charge is 2.24. The Morgan fingerprint density at radius 2 is 1.24 bits per heavy atom. The molecule has 0 saturated carbocycles. The molecule has 2 heteroatoms. The first-order chi connectivity index (χ1) is 10.4. The number of pyridine rings is 1. The first-order valence-electron chi connectivity index (χ1n) is 7.04. The lowest BCUT2D eigenvalue weighted by Crippen LogP contribution is -2.12. The highest BCUT2D eigenvalue weighted by molar-refractivity contribution is 5.35. The van der Waals surface area contributed by atoms with Crippen LogP contribution in [0.2, 0.25) is 0 Å². The molecule has 21 heavy (non-hydrogen) atoms. The first-order valence-corrected chi connectivity index (χ1v) is 7.04. The molecule has 1 N–H and O–H groups in total. The minimum absolute atomic E-state index is 0.123. The van der Waals surface area contributed by atoms with Crippen LogP contribution in [-0.4, -0.2) is 10.1 Å². The van der Waals surface area contributed by atoms with Crippen molar-refractivity contribution >= 4 is 0 Å². The van der Waals surface area contributed by atoms with Gasteiger partial charge in [-0.3, -0.25) is 4.98 Å². The van der Waals surface area contributed by atoms with Gasteiger partial charge in [0.2, 0.25) is 0 Å². The standard InChI is InChI=1S/C19H17NO/c21-19(16-10-5-2-6-11-16)18(15-8-3-1-4-9-15)17-12-7-13-20-14-17/h1-14,18-19,21H/t18-,19+/m1/s1. The van der Waals surface area contributed by atoms with Crippen molar-refractivity contribution < 1.29 is 5.11 Å². The van der Waals surface area contributed by atoms with E-state index in [2.05, 4.69) is 4.98 Å². The molecule has 0 amide bonds. The van der Waals surface area contributed by atoms with E-state index >= 15 is 0 Å². The fourth-order valence-electron chi connectivity index (χ4n) is 2.62. The molecule has 104 valence electrons. The molecule has 2 atom stereocenters. The average Bonchev–Trinajstić information content (AvgIpc) is 2.58. The topological polar surface area (TPSA) is 33.1 Å². The molecule has 0 bridgehead atoms. The monoisotopic (exact) mass is 275 g/mol. The normalized spacial score (nSPS) is 13.6. The molecule has 0 spiro atoms. The van der Waals surface area contributed by atoms with E-state index in [4.69, 9.17) is 0 Å². The van der Waals surface area contributed by atoms with Crippen molar-refractivity contribution in [1.29, 1.82) is 0 Å². The number of hydrogen-bond donors (Lipinski definition) is 1. The molecule has 0 fully saturated rings. The summed E-state index contributed by atoms with van der Waals surface area (Å²) >= 11 is 0. The van der Waals surface area contributed by atoms with Crippen molar-refractivity contribution in [3.05, 3.63) is 102 Å². The molecule has 2 aromatic carbocycles. The molecule has 0 aliphatic heterocycles. The van der Waals surface area contributed by atoms with Crippen molar-refractivity contribution in [3.8, 4) is 0 Å². The first kappa shape index (κ1) is 13.5. The van der Waals surface area contributed by atoms with Gasteiger partial charge < -0.3 is 5.11 Å². The Balaban J connectivity index is 2.05. The van der Waals surface area contributed by atoms with Gasteiger partial charge in [-0.05, 0) is 22.8 Å². The van der Waals surface area contributed by atoms with Crippen molar-refractivity contribution in [2.75, 3.05) is 0 Å². The van der Waals surface area contributed by atoms with Crippen LogP contribution in [0.25, 0.3) is 0 Å². The molecule has 2 nitrogen and oxygen atoms in total. The quantitative estimate of drug-likeness (QED) is 0.782. The van der Waals surface area contributed by atoms with Gasteiger partial charge in [-0.2, -0.15) is 0 Å². The van der Waals surface area contributed by atoms with Gasteiger partial charge in [0, 0.05) is 18.3 Å². The maximum atomic E-state index is 10.9. The maximum Gasteiger partial charge on any atom is 0.0899 e. The zero-order valence-electron chi connectivity index (χ0n) is 11.6. The summed E-state index contributed by atoms with van der Waals surface area (Å²) in [6.45, 7) is 0. The van der Waals surface area contributed by atoms with Gasteiger partial charge in [-0.25, -0.2) is 0 Å². The third-order valence-corrected chi connectivity index (χ3v) is 3.66. The van der Waals surface area contributed by atoms with E-state index < -0.39 is 6.10 Å². The zero-order chi connectivity index (χ0) is 14.5. The lowest BCUT2D eigenvalue weighted by molar-refractivity contribution is 0.159. The highest BCUT2D eigenvalue weighted by atomic mass is 16.3. The third-order valence-electron chi connectivity index (χ3n) is 3.66. The summed E-state index contributed by atoms with van der Waals surface area (Å²) < 4.78 is 0. The Hall–Kier alpha value is -2.45. The molecule has 0 aliphatic carbocycles. The minimum atomic E-state index is -0.599. The van der Waals surface area contributed by atoms with Crippen molar-refractivity contribution in [3.63, 3.8) is 0 Å². The lowest BCUT2D eigenvalue weighted by Gasteiger charge is -2.24. The van der Waals surface area contributed by atoms with Crippen LogP contribution in [-0.2, 0) is 0 Å². The maximum absolute atomic E-state index is 10.9. The van der Waals surface area contributed by atoms with Gasteiger partial charge in [0.05, 0.1) is 6.10 Å². The Bertz CT molecular complexity index is 628. The van der Waals surface area contributed by atoms with Gasteiger partial charge in [-0.15, -0.1) is 0 Å². The van der Waals surface area contributed by atoms with Crippen LogP contribution in [0.15, 0.2) is 85.2 Å². The van der Waals surface area contributed by atoms with Crippen LogP contribution in [0.1, 0.15) is 28.7 Å². The van der Waals surface area contributed by atoms with Crippen molar-refractivity contribution in [1.82, 2.24) is 4.98 Å². The minimum Gasteiger partial charge on any atom is -0.387 e. The van der Waals surface area contributed by atoms with Gasteiger partial charge >= 0.3 is 0 Å². The molecule has 1 aromatic heterocycles. The van der Waals surface area contributed by atoms with Gasteiger partial charge in [0.15, 0.2) is 0 Å². The number of nitrogens with zero attached hydrogens (tertiary/aromatic N) is 1. The van der Waals surface area contributed by atoms with Crippen LogP contribution >= 0.6 is 0 Å². The van der Waals surface area contributed by atoms with E-state index in [1.165, 1.54) is 0 Å². The number of benzene rings is 2. The summed E-state index contributed by atoms with van der Waals surface area (Å²) in [5.74, 6) is -0.123. The largest absolute Gasteiger partial charge is 0.387 e. The summed E-state index contributed by atoms with van der Waals surface area (Å²) in [6.07, 6.45) is 2.97. The molecule has 0 unspecified atom stereocenters. The molecule has 3 rings (SSSR count). The predicted molar refractivity (Wildman–Crippen MR) is 83.9 cm³/mol. The molecular weight excluding hydrogens is 258 g/mol. The molecular formula is C19H17NO. The predicted octanol–water partition coefficient (Wildman–Crippen LogP) is 3.95. The van der Waals surface area contributed by atoms with Gasteiger partial charge in [-0.1, -0.05) is 66.7 Å². The van der Waals surface area contributed by atoms with E-state index in [1.54, 1.807) is 6.20 Å². The number of aliphatic hydroxyl groups excluding tert-OH is 1. The van der Waals surface area contributed by atoms with Crippen molar-refractivity contribution in [2.45, 2.75) is 12.0 Å². The second kappa shape index (κ2) is 6.33. The van der Waals surface area contributed by atoms with Gasteiger partial charge in [0.1, 0.15) is 0 Å². The van der Waals surface area contributed by atoms with Crippen LogP contribution < -0.4 is 0 Å². The zero-order valence-corrected chi connectivity index (χ0v) is 11.6. The third kappa shape index (κ3) is 3.01. The Morgan fingerprint density at radius 3 is 1.81 bits per heavy atom. The van der Waals surface area contributed by atoms with E-state index in [0.29, 0.717) is 0 Å². The molecule has 3 aromatic rings. The van der Waals surface area contributed by atoms with E-state index in [-0.39, 0.29) is 5.92 Å². The van der Waals surface area contributed by atoms with Gasteiger partial charge in [0.25, 0.3) is 0 Å². The molecule has 0 radical (unpaired) electrons. The summed E-state index contributed by atoms with van der Waals surface area (Å²) in [7, 11) is 0. The van der Waals surface area contributed by atoms with Crippen LogP contribution in [0.3, 0.4) is 0 Å². The summed E-state index contributed by atoms with van der Waals surface area (Å²) in [4.78, 5) is 4.20. The number of aliphatic hydroxyl groups is 1. The number of aromatic nitrogens is 1. The second-order valence-electron chi connectivity index (χ2n) is 5.03. The molecule has 1 heterocycles. The second-order valence-corrected chi connectivity index (χ2v) is 5.03. The van der Waals surface area contributed by atoms with Crippen LogP contribution in [0, 0.1) is 0 Å². The number of rotatable bonds is 4. The summed E-state index contributed by atoms with van der Waals surface area (Å²) in [5.41, 5.74) is 3.01. The summed E-state index contributed by atoms with van der Waals surface area (Å²) in [6, 6.07) is 23.7.